The monoisotopic (exact) mass is 949 g/mol. The van der Waals surface area contributed by atoms with E-state index >= 15 is 4.57 Å². The lowest BCUT2D eigenvalue weighted by atomic mass is 9.72. The molecule has 4 aromatic rings. The second-order valence-corrected chi connectivity index (χ2v) is 28.5. The van der Waals surface area contributed by atoms with Crippen molar-refractivity contribution in [2.45, 2.75) is 248 Å². The Morgan fingerprint density at radius 1 is 0.456 bits per heavy atom. The minimum atomic E-state index is -4.72. The van der Waals surface area contributed by atoms with Gasteiger partial charge in [0, 0.05) is 50.4 Å². The van der Waals surface area contributed by atoms with E-state index in [4.69, 9.17) is 13.6 Å². The Kier molecular flexibility index (Phi) is 14.8. The zero-order valence-corrected chi connectivity index (χ0v) is 48.4. The first-order valence-corrected chi connectivity index (χ1v) is 27.3. The van der Waals surface area contributed by atoms with Crippen LogP contribution in [-0.2, 0) is 47.9 Å². The van der Waals surface area contributed by atoms with E-state index < -0.39 is 13.2 Å². The van der Waals surface area contributed by atoms with E-state index in [-0.39, 0.29) is 49.6 Å². The molecule has 68 heavy (non-hydrogen) atoms. The molecule has 0 radical (unpaired) electrons. The Morgan fingerprint density at radius 3 is 1.13 bits per heavy atom. The van der Waals surface area contributed by atoms with Gasteiger partial charge in [-0.05, 0) is 103 Å². The molecule has 0 saturated carbocycles. The maximum atomic E-state index is 17.0. The van der Waals surface area contributed by atoms with Gasteiger partial charge in [0.1, 0.15) is 23.0 Å². The van der Waals surface area contributed by atoms with Crippen LogP contribution in [0.4, 0.5) is 0 Å². The Labute approximate surface area is 415 Å². The van der Waals surface area contributed by atoms with Crippen molar-refractivity contribution in [3.05, 3.63) is 104 Å². The van der Waals surface area contributed by atoms with Gasteiger partial charge in [-0.15, -0.1) is 0 Å². The summed E-state index contributed by atoms with van der Waals surface area (Å²) < 4.78 is 38.9. The Bertz CT molecular complexity index is 2480. The van der Waals surface area contributed by atoms with Crippen LogP contribution >= 0.6 is 7.82 Å². The molecule has 0 aliphatic carbocycles. The number of aromatic hydroxyl groups is 1. The molecule has 0 unspecified atom stereocenters. The number of fused-ring (bicyclic) bond motifs is 2. The fourth-order valence-electron chi connectivity index (χ4n) is 9.05. The third kappa shape index (κ3) is 10.8. The van der Waals surface area contributed by atoms with Crippen LogP contribution in [-0.4, -0.2) is 5.11 Å². The second-order valence-electron chi connectivity index (χ2n) is 27.1. The third-order valence-corrected chi connectivity index (χ3v) is 17.4. The molecule has 0 aromatic heterocycles. The highest BCUT2D eigenvalue weighted by molar-refractivity contribution is 7.49. The number of hydrogen-bond acceptors (Lipinski definition) is 5. The Hall–Kier alpha value is -3.69. The molecule has 0 fully saturated rings. The van der Waals surface area contributed by atoms with Crippen molar-refractivity contribution < 1.29 is 23.2 Å². The van der Waals surface area contributed by atoms with Crippen LogP contribution in [0.15, 0.2) is 48.5 Å². The lowest BCUT2D eigenvalue weighted by Crippen LogP contribution is -2.27. The predicted molar refractivity (Wildman–Crippen MR) is 292 cm³/mol. The smallest absolute Gasteiger partial charge is 0.507 e. The first kappa shape index (κ1) is 55.2. The molecule has 1 N–H and O–H groups in total. The predicted octanol–water partition coefficient (Wildman–Crippen LogP) is 19.1. The zero-order valence-electron chi connectivity index (χ0n) is 47.6. The molecule has 6 heteroatoms. The number of rotatable bonds is 11. The van der Waals surface area contributed by atoms with Gasteiger partial charge >= 0.3 is 7.82 Å². The van der Waals surface area contributed by atoms with E-state index in [2.05, 4.69) is 222 Å². The lowest BCUT2D eigenvalue weighted by molar-refractivity contribution is 0.283. The molecule has 1 aliphatic rings. The SMILES string of the molecule is CCC(C)(C)c1cc2c(c(C(C)(C)CC)c1)OP(=O)(Oc1c(-c3cc(C(C)(C)C)cc(C(C)(C)C)c3O)cc(C(C)(C)C)cc1C(C)(C)C)Oc1c(cc(C(C)(C)CC)cc1C(C)(C)CC)C2C. The average Bonchev–Trinajstić information content (AvgIpc) is 3.21. The van der Waals surface area contributed by atoms with E-state index in [1.807, 2.05) is 0 Å². The number of phosphoric acid groups is 1. The fourth-order valence-corrected chi connectivity index (χ4v) is 10.4. The van der Waals surface area contributed by atoms with Crippen LogP contribution in [0.1, 0.15) is 260 Å². The molecule has 0 bridgehead atoms. The van der Waals surface area contributed by atoms with Gasteiger partial charge in [0.25, 0.3) is 0 Å². The highest BCUT2D eigenvalue weighted by Crippen LogP contribution is 2.62. The molecule has 1 heterocycles. The van der Waals surface area contributed by atoms with Crippen molar-refractivity contribution in [1.29, 1.82) is 0 Å². The van der Waals surface area contributed by atoms with Gasteiger partial charge in [0.05, 0.1) is 0 Å². The van der Waals surface area contributed by atoms with Crippen LogP contribution in [0.5, 0.6) is 23.0 Å². The molecule has 1 aliphatic heterocycles. The maximum absolute atomic E-state index is 17.0. The number of phenolic OH excluding ortho intramolecular Hbond substituents is 1. The molecule has 0 atom stereocenters. The summed E-state index contributed by atoms with van der Waals surface area (Å²) in [7, 11) is -4.72. The van der Waals surface area contributed by atoms with E-state index in [9.17, 15) is 5.11 Å². The number of hydrogen-bond donors (Lipinski definition) is 1. The summed E-state index contributed by atoms with van der Waals surface area (Å²) in [5, 5.41) is 12.7. The maximum Gasteiger partial charge on any atom is 0.647 e. The highest BCUT2D eigenvalue weighted by atomic mass is 31.2. The summed E-state index contributed by atoms with van der Waals surface area (Å²) in [6.07, 6.45) is 3.54. The van der Waals surface area contributed by atoms with Crippen LogP contribution in [0, 0.1) is 0 Å². The van der Waals surface area contributed by atoms with Crippen LogP contribution in [0.2, 0.25) is 0 Å². The largest absolute Gasteiger partial charge is 0.647 e. The van der Waals surface area contributed by atoms with Gasteiger partial charge < -0.3 is 18.7 Å². The first-order valence-electron chi connectivity index (χ1n) is 25.8. The number of phosphoric ester groups is 1. The Morgan fingerprint density at radius 2 is 0.794 bits per heavy atom. The average molecular weight is 949 g/mol. The lowest BCUT2D eigenvalue weighted by Gasteiger charge is -2.38. The summed E-state index contributed by atoms with van der Waals surface area (Å²) in [4.78, 5) is 0. The van der Waals surface area contributed by atoms with Gasteiger partial charge in [-0.2, -0.15) is 4.57 Å². The molecule has 5 rings (SSSR count). The number of benzene rings is 4. The molecule has 376 valence electrons. The van der Waals surface area contributed by atoms with Gasteiger partial charge in [0.2, 0.25) is 0 Å². The molecular formula is C62H93O5P. The van der Waals surface area contributed by atoms with Crippen molar-refractivity contribution >= 4 is 7.82 Å². The summed E-state index contributed by atoms with van der Waals surface area (Å²) in [6, 6.07) is 17.8. The van der Waals surface area contributed by atoms with Gasteiger partial charge in [-0.3, -0.25) is 0 Å². The fraction of sp³-hybridized carbons (Fsp3) is 0.613. The topological polar surface area (TPSA) is 65.0 Å². The summed E-state index contributed by atoms with van der Waals surface area (Å²) in [5.41, 5.74) is 9.05. The van der Waals surface area contributed by atoms with Crippen molar-refractivity contribution in [1.82, 2.24) is 0 Å². The number of phenols is 1. The molecule has 0 amide bonds. The second kappa shape index (κ2) is 18.2. The van der Waals surface area contributed by atoms with Crippen LogP contribution in [0.3, 0.4) is 0 Å². The van der Waals surface area contributed by atoms with Crippen LogP contribution in [0.25, 0.3) is 11.1 Å². The molecule has 0 spiro atoms. The van der Waals surface area contributed by atoms with E-state index in [0.29, 0.717) is 28.4 Å². The Balaban J connectivity index is 2.08. The van der Waals surface area contributed by atoms with Gasteiger partial charge in [-0.1, -0.05) is 209 Å². The first-order chi connectivity index (χ1) is 30.7. The van der Waals surface area contributed by atoms with E-state index in [1.54, 1.807) is 0 Å². The summed E-state index contributed by atoms with van der Waals surface area (Å²) >= 11 is 0. The molecular weight excluding hydrogens is 856 g/mol. The van der Waals surface area contributed by atoms with Crippen molar-refractivity contribution in [2.75, 3.05) is 0 Å². The van der Waals surface area contributed by atoms with Gasteiger partial charge in [-0.25, -0.2) is 0 Å². The van der Waals surface area contributed by atoms with Crippen molar-refractivity contribution in [3.8, 4) is 34.1 Å². The van der Waals surface area contributed by atoms with Gasteiger partial charge in [0.15, 0.2) is 0 Å². The highest BCUT2D eigenvalue weighted by Gasteiger charge is 2.46. The van der Waals surface area contributed by atoms with Crippen LogP contribution < -0.4 is 13.6 Å². The standard InChI is InChI=1S/C62H93O5P/c1-26-59(18,19)41-32-43-38(5)44-33-42(60(20,21)27-2)37-50(62(24,25)29-4)53(44)66-68(64,65-52(43)49(36-41)61(22,23)28-3)67-54-46(31-40(56(9,10)11)35-48(54)58(15,16)17)45-30-39(55(6,7)8)34-47(51(45)63)57(12,13)14/h30-38,63H,26-29H2,1-25H3. The third-order valence-electron chi connectivity index (χ3n) is 16.2. The minimum absolute atomic E-state index is 0.141. The van der Waals surface area contributed by atoms with Crippen molar-refractivity contribution in [3.63, 3.8) is 0 Å². The molecule has 0 saturated heterocycles. The molecule has 5 nitrogen and oxygen atoms in total. The minimum Gasteiger partial charge on any atom is -0.507 e. The molecule has 4 aromatic carbocycles. The quantitative estimate of drug-likeness (QED) is 0.152. The zero-order chi connectivity index (χ0) is 51.9. The van der Waals surface area contributed by atoms with Crippen molar-refractivity contribution in [2.24, 2.45) is 0 Å². The van der Waals surface area contributed by atoms with E-state index in [1.165, 1.54) is 11.1 Å². The van der Waals surface area contributed by atoms with E-state index in [0.717, 1.165) is 70.2 Å². The summed E-state index contributed by atoms with van der Waals surface area (Å²) in [5.74, 6) is 1.49. The normalized spacial score (nSPS) is 17.7. The summed E-state index contributed by atoms with van der Waals surface area (Å²) in [6.45, 7) is 55.6.